The van der Waals surface area contributed by atoms with Crippen molar-refractivity contribution in [2.24, 2.45) is 0 Å². The summed E-state index contributed by atoms with van der Waals surface area (Å²) in [6.07, 6.45) is 0. The summed E-state index contributed by atoms with van der Waals surface area (Å²) in [4.78, 5) is 2.48. The number of para-hydroxylation sites is 2. The van der Waals surface area contributed by atoms with E-state index in [9.17, 15) is 0 Å². The first-order valence-corrected chi connectivity index (χ1v) is 20.4. The van der Waals surface area contributed by atoms with Gasteiger partial charge in [-0.25, -0.2) is 0 Å². The van der Waals surface area contributed by atoms with Crippen LogP contribution in [0.5, 0.6) is 0 Å². The van der Waals surface area contributed by atoms with E-state index in [2.05, 4.69) is 211 Å². The highest BCUT2D eigenvalue weighted by atomic mass is 16.3. The first-order chi connectivity index (χ1) is 29.3. The maximum Gasteiger partial charge on any atom is 0.143 e. The third-order valence-corrected chi connectivity index (χ3v) is 13.1. The van der Waals surface area contributed by atoms with E-state index >= 15 is 0 Å². The van der Waals surface area contributed by atoms with Crippen molar-refractivity contribution in [1.82, 2.24) is 0 Å². The molecule has 2 nitrogen and oxygen atoms in total. The molecule has 0 aliphatic heterocycles. The molecule has 59 heavy (non-hydrogen) atoms. The second-order valence-corrected chi connectivity index (χ2v) is 15.9. The third-order valence-electron chi connectivity index (χ3n) is 13.1. The van der Waals surface area contributed by atoms with Gasteiger partial charge in [0.05, 0.1) is 11.1 Å². The van der Waals surface area contributed by atoms with Crippen molar-refractivity contribution in [3.63, 3.8) is 0 Å². The predicted molar refractivity (Wildman–Crippen MR) is 245 cm³/mol. The largest absolute Gasteiger partial charge is 0.455 e. The number of benzene rings is 10. The summed E-state index contributed by atoms with van der Waals surface area (Å²) in [5.41, 5.74) is 17.4. The molecule has 1 spiro atoms. The molecule has 0 fully saturated rings. The lowest BCUT2D eigenvalue weighted by Crippen LogP contribution is -2.26. The molecule has 0 N–H and O–H groups in total. The van der Waals surface area contributed by atoms with Gasteiger partial charge in [-0.2, -0.15) is 0 Å². The SMILES string of the molecule is c1ccc2c(c1)-c1ccccc1C21c2ccccc2-c2c(N(c3ccc(-c4cccc5c4oc4ccccc45)cc3)c3ccc4ccc5ccccc5c4c3)cccc21. The number of rotatable bonds is 4. The van der Waals surface area contributed by atoms with Crippen LogP contribution in [-0.4, -0.2) is 0 Å². The quantitative estimate of drug-likeness (QED) is 0.167. The zero-order valence-corrected chi connectivity index (χ0v) is 32.1. The molecule has 11 aromatic rings. The maximum absolute atomic E-state index is 6.50. The van der Waals surface area contributed by atoms with E-state index in [1.54, 1.807) is 0 Å². The van der Waals surface area contributed by atoms with Crippen molar-refractivity contribution in [1.29, 1.82) is 0 Å². The van der Waals surface area contributed by atoms with Crippen LogP contribution in [0.4, 0.5) is 17.1 Å². The molecule has 2 aliphatic carbocycles. The van der Waals surface area contributed by atoms with Crippen molar-refractivity contribution in [2.75, 3.05) is 4.90 Å². The van der Waals surface area contributed by atoms with E-state index in [1.165, 1.54) is 66.1 Å². The van der Waals surface area contributed by atoms with Crippen LogP contribution in [0.25, 0.3) is 76.9 Å². The molecule has 274 valence electrons. The Bertz CT molecular complexity index is 3470. The van der Waals surface area contributed by atoms with Crippen LogP contribution >= 0.6 is 0 Å². The van der Waals surface area contributed by atoms with Gasteiger partial charge in [-0.05, 0) is 102 Å². The fraction of sp³-hybridized carbons (Fsp3) is 0.0175. The number of fused-ring (bicyclic) bond motifs is 16. The Balaban J connectivity index is 1.07. The fourth-order valence-corrected chi connectivity index (χ4v) is 10.6. The zero-order chi connectivity index (χ0) is 38.7. The average Bonchev–Trinajstić information content (AvgIpc) is 3.94. The Morgan fingerprint density at radius 1 is 0.356 bits per heavy atom. The van der Waals surface area contributed by atoms with Crippen molar-refractivity contribution in [3.05, 3.63) is 235 Å². The highest BCUT2D eigenvalue weighted by molar-refractivity contribution is 6.11. The smallest absolute Gasteiger partial charge is 0.143 e. The van der Waals surface area contributed by atoms with Gasteiger partial charge >= 0.3 is 0 Å². The summed E-state index contributed by atoms with van der Waals surface area (Å²) in [7, 11) is 0. The van der Waals surface area contributed by atoms with Crippen LogP contribution in [0, 0.1) is 0 Å². The van der Waals surface area contributed by atoms with Gasteiger partial charge in [-0.3, -0.25) is 0 Å². The predicted octanol–water partition coefficient (Wildman–Crippen LogP) is 15.4. The molecule has 0 amide bonds. The van der Waals surface area contributed by atoms with Gasteiger partial charge in [0.2, 0.25) is 0 Å². The fourth-order valence-electron chi connectivity index (χ4n) is 10.6. The molecule has 0 unspecified atom stereocenters. The minimum Gasteiger partial charge on any atom is -0.455 e. The summed E-state index contributed by atoms with van der Waals surface area (Å²) >= 11 is 0. The number of furan rings is 1. The van der Waals surface area contributed by atoms with Crippen LogP contribution in [0.3, 0.4) is 0 Å². The van der Waals surface area contributed by atoms with Crippen LogP contribution < -0.4 is 4.90 Å². The second-order valence-electron chi connectivity index (χ2n) is 15.9. The molecular formula is C57H35NO. The third kappa shape index (κ3) is 4.40. The lowest BCUT2D eigenvalue weighted by molar-refractivity contribution is 0.670. The summed E-state index contributed by atoms with van der Waals surface area (Å²) in [6, 6.07) is 78.1. The number of anilines is 3. The highest BCUT2D eigenvalue weighted by Crippen LogP contribution is 2.64. The minimum absolute atomic E-state index is 0.435. The normalized spacial score (nSPS) is 13.2. The van der Waals surface area contributed by atoms with E-state index in [1.807, 2.05) is 6.07 Å². The number of nitrogens with zero attached hydrogens (tertiary/aromatic N) is 1. The Kier molecular flexibility index (Phi) is 6.68. The van der Waals surface area contributed by atoms with Gasteiger partial charge in [-0.15, -0.1) is 0 Å². The average molecular weight is 750 g/mol. The van der Waals surface area contributed by atoms with E-state index < -0.39 is 5.41 Å². The molecule has 1 aromatic heterocycles. The van der Waals surface area contributed by atoms with Crippen LogP contribution in [0.15, 0.2) is 217 Å². The first-order valence-electron chi connectivity index (χ1n) is 20.4. The van der Waals surface area contributed by atoms with E-state index in [0.29, 0.717) is 0 Å². The second kappa shape index (κ2) is 12.2. The van der Waals surface area contributed by atoms with E-state index in [0.717, 1.165) is 50.1 Å². The van der Waals surface area contributed by atoms with Gasteiger partial charge in [0.25, 0.3) is 0 Å². The van der Waals surface area contributed by atoms with Crippen molar-refractivity contribution < 1.29 is 4.42 Å². The molecule has 0 bridgehead atoms. The van der Waals surface area contributed by atoms with Crippen molar-refractivity contribution in [3.8, 4) is 33.4 Å². The summed E-state index contributed by atoms with van der Waals surface area (Å²) in [6.45, 7) is 0. The molecule has 2 aliphatic rings. The monoisotopic (exact) mass is 749 g/mol. The Hall–Kier alpha value is -7.68. The molecule has 2 heteroatoms. The minimum atomic E-state index is -0.435. The molecule has 0 saturated carbocycles. The molecular weight excluding hydrogens is 715 g/mol. The van der Waals surface area contributed by atoms with Crippen LogP contribution in [0.1, 0.15) is 22.3 Å². The summed E-state index contributed by atoms with van der Waals surface area (Å²) in [5, 5.41) is 7.23. The van der Waals surface area contributed by atoms with Gasteiger partial charge in [0.15, 0.2) is 0 Å². The molecule has 10 aromatic carbocycles. The molecule has 0 atom stereocenters. The standard InChI is InChI=1S/C57H35NO/c1-2-14-41-36(13-1)27-28-38-31-34-40(35-48(38)41)58(39-32-29-37(30-33-39)42-19-11-20-46-45-17-6-10-26-54(45)59-56(42)46)53-25-12-24-52-55(53)47-18-5-9-23-51(47)57(52)49-21-7-3-15-43(49)44-16-4-8-22-50(44)57/h1-35H. The van der Waals surface area contributed by atoms with Crippen molar-refractivity contribution in [2.45, 2.75) is 5.41 Å². The van der Waals surface area contributed by atoms with E-state index in [-0.39, 0.29) is 0 Å². The molecule has 13 rings (SSSR count). The lowest BCUT2D eigenvalue weighted by Gasteiger charge is -2.32. The Morgan fingerprint density at radius 3 is 1.68 bits per heavy atom. The Morgan fingerprint density at radius 2 is 0.898 bits per heavy atom. The number of hydrogen-bond donors (Lipinski definition) is 0. The molecule has 0 radical (unpaired) electrons. The molecule has 0 saturated heterocycles. The molecule has 1 heterocycles. The number of hydrogen-bond acceptors (Lipinski definition) is 2. The highest BCUT2D eigenvalue weighted by Gasteiger charge is 2.52. The van der Waals surface area contributed by atoms with Gasteiger partial charge in [0, 0.05) is 33.3 Å². The van der Waals surface area contributed by atoms with Crippen LogP contribution in [-0.2, 0) is 5.41 Å². The van der Waals surface area contributed by atoms with Gasteiger partial charge in [0.1, 0.15) is 11.2 Å². The van der Waals surface area contributed by atoms with Gasteiger partial charge in [-0.1, -0.05) is 176 Å². The Labute approximate surface area is 341 Å². The van der Waals surface area contributed by atoms with Gasteiger partial charge < -0.3 is 9.32 Å². The van der Waals surface area contributed by atoms with E-state index in [4.69, 9.17) is 4.42 Å². The topological polar surface area (TPSA) is 16.4 Å². The lowest BCUT2D eigenvalue weighted by atomic mass is 9.70. The van der Waals surface area contributed by atoms with Crippen LogP contribution in [0.2, 0.25) is 0 Å². The maximum atomic E-state index is 6.50. The van der Waals surface area contributed by atoms with Crippen molar-refractivity contribution >= 4 is 60.5 Å². The first kappa shape index (κ1) is 32.4. The summed E-state index contributed by atoms with van der Waals surface area (Å²) < 4.78 is 6.50. The zero-order valence-electron chi connectivity index (χ0n) is 32.1. The summed E-state index contributed by atoms with van der Waals surface area (Å²) in [5.74, 6) is 0.